The van der Waals surface area contributed by atoms with E-state index in [2.05, 4.69) is 25.4 Å². The topological polar surface area (TPSA) is 90.5 Å². The molecule has 0 bridgehead atoms. The van der Waals surface area contributed by atoms with E-state index >= 15 is 0 Å². The number of aromatic nitrogens is 6. The molecule has 3 heterocycles. The molecule has 1 amide bonds. The predicted molar refractivity (Wildman–Crippen MR) is 117 cm³/mol. The van der Waals surface area contributed by atoms with Crippen LogP contribution >= 0.6 is 0 Å². The third kappa shape index (κ3) is 3.72. The van der Waals surface area contributed by atoms with Crippen molar-refractivity contribution >= 4 is 11.6 Å². The van der Waals surface area contributed by atoms with Crippen LogP contribution in [0.15, 0.2) is 54.9 Å². The van der Waals surface area contributed by atoms with Crippen LogP contribution in [0.3, 0.4) is 0 Å². The summed E-state index contributed by atoms with van der Waals surface area (Å²) in [5, 5.41) is 14.4. The normalized spacial score (nSPS) is 13.5. The van der Waals surface area contributed by atoms with Crippen molar-refractivity contribution in [2.24, 2.45) is 0 Å². The number of tetrazole rings is 1. The first kappa shape index (κ1) is 19.2. The number of hydrogen-bond donors (Lipinski definition) is 1. The first-order valence-corrected chi connectivity index (χ1v) is 10.5. The molecule has 1 aliphatic rings. The number of carbonyl (C=O) groups is 1. The number of carbonyl (C=O) groups excluding carboxylic acids is 1. The van der Waals surface area contributed by atoms with Crippen LogP contribution in [0.5, 0.6) is 0 Å². The molecule has 1 N–H and O–H groups in total. The maximum atomic E-state index is 13.3. The molecule has 8 nitrogen and oxygen atoms in total. The van der Waals surface area contributed by atoms with Crippen LogP contribution in [0, 0.1) is 6.92 Å². The number of anilines is 1. The number of nitrogens with zero attached hydrogens (tertiary/aromatic N) is 6. The van der Waals surface area contributed by atoms with Crippen LogP contribution in [0.2, 0.25) is 0 Å². The van der Waals surface area contributed by atoms with Gasteiger partial charge in [0.15, 0.2) is 0 Å². The van der Waals surface area contributed by atoms with E-state index in [9.17, 15) is 4.79 Å². The lowest BCUT2D eigenvalue weighted by Gasteiger charge is -2.10. The van der Waals surface area contributed by atoms with Crippen molar-refractivity contribution in [3.05, 3.63) is 71.8 Å². The van der Waals surface area contributed by atoms with Crippen LogP contribution in [-0.4, -0.2) is 35.7 Å². The molecule has 0 saturated carbocycles. The van der Waals surface area contributed by atoms with Gasteiger partial charge in [0.05, 0.1) is 11.4 Å². The van der Waals surface area contributed by atoms with E-state index in [1.165, 1.54) is 6.33 Å². The molecule has 0 unspecified atom stereocenters. The zero-order valence-corrected chi connectivity index (χ0v) is 17.3. The van der Waals surface area contributed by atoms with Crippen molar-refractivity contribution in [2.45, 2.75) is 39.2 Å². The molecule has 0 fully saturated rings. The van der Waals surface area contributed by atoms with Gasteiger partial charge < -0.3 is 9.88 Å². The van der Waals surface area contributed by atoms with Crippen molar-refractivity contribution in [2.75, 3.05) is 5.32 Å². The Balaban J connectivity index is 1.50. The van der Waals surface area contributed by atoms with Gasteiger partial charge in [0, 0.05) is 17.8 Å². The summed E-state index contributed by atoms with van der Waals surface area (Å²) in [4.78, 5) is 18.1. The average Bonchev–Trinajstić information content (AvgIpc) is 3.38. The predicted octanol–water partition coefficient (Wildman–Crippen LogP) is 3.81. The Bertz CT molecular complexity index is 1210. The van der Waals surface area contributed by atoms with Gasteiger partial charge >= 0.3 is 0 Å². The monoisotopic (exact) mass is 413 g/mol. The van der Waals surface area contributed by atoms with Gasteiger partial charge in [-0.05, 0) is 54.3 Å². The van der Waals surface area contributed by atoms with Crippen molar-refractivity contribution in [1.82, 2.24) is 29.8 Å². The average molecular weight is 413 g/mol. The smallest absolute Gasteiger partial charge is 0.276 e. The fraction of sp³-hybridized carbons (Fsp3) is 0.261. The number of hydrogen-bond acceptors (Lipinski definition) is 5. The number of fused-ring (bicyclic) bond motifs is 1. The highest BCUT2D eigenvalue weighted by Gasteiger charge is 2.24. The molecule has 2 aromatic carbocycles. The molecule has 31 heavy (non-hydrogen) atoms. The van der Waals surface area contributed by atoms with Crippen LogP contribution in [-0.2, 0) is 13.0 Å². The van der Waals surface area contributed by atoms with E-state index in [1.54, 1.807) is 4.68 Å². The number of amides is 1. The minimum atomic E-state index is -0.195. The largest absolute Gasteiger partial charge is 0.327 e. The molecule has 2 aromatic heterocycles. The van der Waals surface area contributed by atoms with Gasteiger partial charge in [0.25, 0.3) is 5.91 Å². The number of imidazole rings is 1. The highest BCUT2D eigenvalue weighted by atomic mass is 16.1. The Morgan fingerprint density at radius 1 is 1.06 bits per heavy atom. The number of nitrogens with one attached hydrogen (secondary N) is 1. The highest BCUT2D eigenvalue weighted by Crippen LogP contribution is 2.28. The Morgan fingerprint density at radius 2 is 1.94 bits per heavy atom. The van der Waals surface area contributed by atoms with Crippen molar-refractivity contribution in [3.63, 3.8) is 0 Å². The summed E-state index contributed by atoms with van der Waals surface area (Å²) in [6, 6.07) is 15.8. The quantitative estimate of drug-likeness (QED) is 0.549. The Kier molecular flexibility index (Phi) is 5.03. The number of benzene rings is 2. The van der Waals surface area contributed by atoms with E-state index < -0.39 is 0 Å². The molecule has 0 radical (unpaired) electrons. The van der Waals surface area contributed by atoms with E-state index in [0.29, 0.717) is 11.4 Å². The third-order valence-corrected chi connectivity index (χ3v) is 5.68. The molecule has 0 saturated heterocycles. The summed E-state index contributed by atoms with van der Waals surface area (Å²) in [5.74, 6) is 0.667. The van der Waals surface area contributed by atoms with Gasteiger partial charge in [-0.3, -0.25) is 4.79 Å². The van der Waals surface area contributed by atoms with Crippen molar-refractivity contribution in [1.29, 1.82) is 0 Å². The van der Waals surface area contributed by atoms with Gasteiger partial charge in [-0.15, -0.1) is 5.10 Å². The van der Waals surface area contributed by atoms with Gasteiger partial charge in [-0.25, -0.2) is 9.67 Å². The lowest BCUT2D eigenvalue weighted by Crippen LogP contribution is -2.16. The summed E-state index contributed by atoms with van der Waals surface area (Å²) in [5.41, 5.74) is 5.05. The lowest BCUT2D eigenvalue weighted by molar-refractivity contribution is 0.102. The van der Waals surface area contributed by atoms with Gasteiger partial charge in [0.1, 0.15) is 17.8 Å². The molecule has 0 atom stereocenters. The molecule has 4 aromatic rings. The molecule has 1 aliphatic heterocycles. The second-order valence-corrected chi connectivity index (χ2v) is 7.77. The molecule has 156 valence electrons. The van der Waals surface area contributed by atoms with Gasteiger partial charge in [0.2, 0.25) is 0 Å². The maximum absolute atomic E-state index is 13.3. The summed E-state index contributed by atoms with van der Waals surface area (Å²) in [6.45, 7) is 2.86. The number of aryl methyl sites for hydroxylation is 1. The van der Waals surface area contributed by atoms with Crippen LogP contribution in [0.4, 0.5) is 5.69 Å². The second-order valence-electron chi connectivity index (χ2n) is 7.77. The van der Waals surface area contributed by atoms with E-state index in [-0.39, 0.29) is 5.91 Å². The number of rotatable bonds is 4. The fourth-order valence-corrected chi connectivity index (χ4v) is 4.11. The Hall–Kier alpha value is -3.81. The molecule has 0 spiro atoms. The van der Waals surface area contributed by atoms with E-state index in [0.717, 1.165) is 60.6 Å². The second kappa shape index (κ2) is 8.14. The molecule has 5 rings (SSSR count). The zero-order chi connectivity index (χ0) is 21.2. The van der Waals surface area contributed by atoms with Crippen LogP contribution < -0.4 is 5.32 Å². The summed E-state index contributed by atoms with van der Waals surface area (Å²) in [6.07, 6.45) is 5.71. The Morgan fingerprint density at radius 3 is 2.74 bits per heavy atom. The van der Waals surface area contributed by atoms with Crippen molar-refractivity contribution < 1.29 is 4.79 Å². The minimum Gasteiger partial charge on any atom is -0.327 e. The van der Waals surface area contributed by atoms with E-state index in [1.807, 2.05) is 55.5 Å². The molecule has 0 aliphatic carbocycles. The molecule has 8 heteroatoms. The first-order chi connectivity index (χ1) is 15.2. The summed E-state index contributed by atoms with van der Waals surface area (Å²) >= 11 is 0. The van der Waals surface area contributed by atoms with E-state index in [4.69, 9.17) is 4.98 Å². The standard InChI is InChI=1S/C23H23N7O/c1-16-11-12-18(14-20(16)30-15-24-27-28-30)25-23(31)21-19-10-6-3-7-13-29(19)22(26-21)17-8-4-2-5-9-17/h2,4-5,8-9,11-12,14-15H,3,6-7,10,13H2,1H3,(H,25,31). The molecular formula is C23H23N7O. The van der Waals surface area contributed by atoms with Crippen molar-refractivity contribution in [3.8, 4) is 17.1 Å². The minimum absolute atomic E-state index is 0.195. The zero-order valence-electron chi connectivity index (χ0n) is 17.3. The fourth-order valence-electron chi connectivity index (χ4n) is 4.11. The SMILES string of the molecule is Cc1ccc(NC(=O)c2nc(-c3ccccc3)n3c2CCCCC3)cc1-n1cnnn1. The molecular weight excluding hydrogens is 390 g/mol. The third-order valence-electron chi connectivity index (χ3n) is 5.68. The first-order valence-electron chi connectivity index (χ1n) is 10.5. The highest BCUT2D eigenvalue weighted by molar-refractivity contribution is 6.04. The van der Waals surface area contributed by atoms with Gasteiger partial charge in [-0.1, -0.05) is 42.8 Å². The van der Waals surface area contributed by atoms with Crippen LogP contribution in [0.1, 0.15) is 41.0 Å². The summed E-state index contributed by atoms with van der Waals surface area (Å²) in [7, 11) is 0. The van der Waals surface area contributed by atoms with Gasteiger partial charge in [-0.2, -0.15) is 0 Å². The lowest BCUT2D eigenvalue weighted by atomic mass is 10.1. The van der Waals surface area contributed by atoms with Crippen LogP contribution in [0.25, 0.3) is 17.1 Å². The Labute approximate surface area is 179 Å². The maximum Gasteiger partial charge on any atom is 0.276 e. The summed E-state index contributed by atoms with van der Waals surface area (Å²) < 4.78 is 3.81.